The quantitative estimate of drug-likeness (QED) is 0.178. The Bertz CT molecular complexity index is 1570. The van der Waals surface area contributed by atoms with E-state index in [2.05, 4.69) is 14.9 Å². The van der Waals surface area contributed by atoms with E-state index in [1.807, 2.05) is 4.90 Å². The molecular weight excluding hydrogens is 766 g/mol. The van der Waals surface area contributed by atoms with E-state index in [0.29, 0.717) is 6.42 Å². The lowest BCUT2D eigenvalue weighted by molar-refractivity contribution is -0.298. The standard InChI is InChI=1S/C39H61N3O16/c1-14-25-39(8)33(42(37(50)58-39)40-26(43)16-27(44)51-11)21(4)30(47)19(2)18-38(7,53-13)34(22(5)31(48)23(6)35(49)55-25)57-36-32(56-29(46)17-28(45)52-12)24(41(9)10)15-20(3)54-36/h19-25,32-34,36H,14-18H2,1-13H3,(H,40,43)/t19-,20-,21+,22+,23-,24+,25-,32-,33-,34-,36+,38-,39-/m1/s1. The van der Waals surface area contributed by atoms with E-state index in [0.717, 1.165) is 19.2 Å². The Morgan fingerprint density at radius 1 is 0.879 bits per heavy atom. The highest BCUT2D eigenvalue weighted by Crippen LogP contribution is 2.42. The van der Waals surface area contributed by atoms with Crippen LogP contribution in [0.5, 0.6) is 0 Å². The van der Waals surface area contributed by atoms with Crippen molar-refractivity contribution in [2.75, 3.05) is 35.4 Å². The lowest BCUT2D eigenvalue weighted by Crippen LogP contribution is -2.62. The van der Waals surface area contributed by atoms with E-state index < -0.39 is 138 Å². The molecule has 0 aromatic heterocycles. The molecule has 0 aromatic carbocycles. The number of amides is 2. The van der Waals surface area contributed by atoms with Gasteiger partial charge in [-0.2, -0.15) is 0 Å². The van der Waals surface area contributed by atoms with Gasteiger partial charge in [0.25, 0.3) is 0 Å². The van der Waals surface area contributed by atoms with Crippen LogP contribution in [0.4, 0.5) is 4.79 Å². The summed E-state index contributed by atoms with van der Waals surface area (Å²) in [6, 6.07) is -1.75. The maximum Gasteiger partial charge on any atom is 0.429 e. The van der Waals surface area contributed by atoms with Gasteiger partial charge in [0.2, 0.25) is 5.91 Å². The maximum atomic E-state index is 14.6. The second-order valence-corrected chi connectivity index (χ2v) is 16.1. The summed E-state index contributed by atoms with van der Waals surface area (Å²) in [7, 11) is 7.16. The molecule has 19 heteroatoms. The molecule has 3 fully saturated rings. The molecule has 0 unspecified atom stereocenters. The van der Waals surface area contributed by atoms with Crippen LogP contribution < -0.4 is 5.43 Å². The average Bonchev–Trinajstić information content (AvgIpc) is 3.42. The molecule has 58 heavy (non-hydrogen) atoms. The van der Waals surface area contributed by atoms with Crippen LogP contribution >= 0.6 is 0 Å². The lowest BCUT2D eigenvalue weighted by Gasteiger charge is -2.47. The molecule has 0 radical (unpaired) electrons. The topological polar surface area (TPSA) is 229 Å². The number of hydrogen-bond acceptors (Lipinski definition) is 17. The summed E-state index contributed by atoms with van der Waals surface area (Å²) in [4.78, 5) is 108. The van der Waals surface area contributed by atoms with Gasteiger partial charge in [-0.1, -0.05) is 27.7 Å². The summed E-state index contributed by atoms with van der Waals surface area (Å²) < 4.78 is 45.9. The fourth-order valence-electron chi connectivity index (χ4n) is 8.36. The molecule has 2 amide bonds. The SMILES string of the molecule is CC[C@H]1OC(=O)[C@H](C)C(=O)[C@H](C)[C@@H](O[C@@H]2O[C@H](C)C[C@H](N(C)C)[C@H]2OC(=O)CC(=O)OC)[C@](C)(OC)C[C@@H](C)C(=O)[C@H](C)[C@H]2N(NC(=O)CC(=O)OC)C(=O)O[C@]12C. The molecule has 0 saturated carbocycles. The summed E-state index contributed by atoms with van der Waals surface area (Å²) in [6.07, 6.45) is -7.45. The molecule has 0 bridgehead atoms. The third-order valence-electron chi connectivity index (χ3n) is 11.6. The molecule has 3 rings (SSSR count). The van der Waals surface area contributed by atoms with Gasteiger partial charge in [0.15, 0.2) is 23.8 Å². The molecule has 328 valence electrons. The average molecular weight is 828 g/mol. The third kappa shape index (κ3) is 10.5. The van der Waals surface area contributed by atoms with Crippen LogP contribution in [0.15, 0.2) is 0 Å². The van der Waals surface area contributed by atoms with Gasteiger partial charge < -0.3 is 42.8 Å². The minimum absolute atomic E-state index is 0.0662. The molecule has 3 aliphatic rings. The number of rotatable bonds is 11. The minimum atomic E-state index is -1.73. The number of ether oxygens (including phenoxy) is 8. The van der Waals surface area contributed by atoms with Crippen molar-refractivity contribution in [3.8, 4) is 0 Å². The second-order valence-electron chi connectivity index (χ2n) is 16.1. The number of hydrazine groups is 1. The first-order valence-corrected chi connectivity index (χ1v) is 19.4. The van der Waals surface area contributed by atoms with Crippen molar-refractivity contribution in [2.45, 2.75) is 141 Å². The number of nitrogens with one attached hydrogen (secondary N) is 1. The van der Waals surface area contributed by atoms with E-state index in [4.69, 9.17) is 28.4 Å². The van der Waals surface area contributed by atoms with Crippen molar-refractivity contribution in [1.29, 1.82) is 0 Å². The van der Waals surface area contributed by atoms with E-state index in [1.165, 1.54) is 21.0 Å². The first kappa shape index (κ1) is 48.2. The molecule has 13 atom stereocenters. The number of ketones is 2. The van der Waals surface area contributed by atoms with Gasteiger partial charge in [0, 0.05) is 24.9 Å². The largest absolute Gasteiger partial charge is 0.469 e. The number of cyclic esters (lactones) is 1. The van der Waals surface area contributed by atoms with Gasteiger partial charge in [-0.25, -0.2) is 9.80 Å². The molecule has 0 aromatic rings. The Morgan fingerprint density at radius 2 is 1.48 bits per heavy atom. The Balaban J connectivity index is 2.17. The molecule has 3 heterocycles. The van der Waals surface area contributed by atoms with Gasteiger partial charge in [0.1, 0.15) is 36.7 Å². The fraction of sp³-hybridized carbons (Fsp3) is 0.795. The van der Waals surface area contributed by atoms with Gasteiger partial charge in [-0.05, 0) is 61.1 Å². The van der Waals surface area contributed by atoms with Gasteiger partial charge >= 0.3 is 30.0 Å². The summed E-state index contributed by atoms with van der Waals surface area (Å²) in [6.45, 7) is 12.7. The van der Waals surface area contributed by atoms with Crippen LogP contribution in [0.3, 0.4) is 0 Å². The molecule has 0 spiro atoms. The van der Waals surface area contributed by atoms with Crippen molar-refractivity contribution in [1.82, 2.24) is 15.3 Å². The van der Waals surface area contributed by atoms with E-state index >= 15 is 0 Å². The van der Waals surface area contributed by atoms with Crippen LogP contribution in [0.2, 0.25) is 0 Å². The number of Topliss-reactive ketones (excluding diaryl/α,β-unsaturated/α-hetero) is 2. The van der Waals surface area contributed by atoms with E-state index in [1.54, 1.807) is 55.6 Å². The summed E-state index contributed by atoms with van der Waals surface area (Å²) >= 11 is 0. The van der Waals surface area contributed by atoms with Gasteiger partial charge in [-0.15, -0.1) is 0 Å². The number of fused-ring (bicyclic) bond motifs is 1. The molecule has 3 saturated heterocycles. The van der Waals surface area contributed by atoms with Crippen molar-refractivity contribution in [2.24, 2.45) is 23.7 Å². The zero-order valence-corrected chi connectivity index (χ0v) is 35.8. The smallest absolute Gasteiger partial charge is 0.429 e. The van der Waals surface area contributed by atoms with Crippen molar-refractivity contribution in [3.05, 3.63) is 0 Å². The molecule has 3 aliphatic heterocycles. The van der Waals surface area contributed by atoms with Crippen LogP contribution in [0, 0.1) is 23.7 Å². The van der Waals surface area contributed by atoms with Crippen LogP contribution in [0.25, 0.3) is 0 Å². The first-order chi connectivity index (χ1) is 27.0. The number of hydrogen-bond donors (Lipinski definition) is 1. The molecule has 0 aliphatic carbocycles. The molecule has 19 nitrogen and oxygen atoms in total. The Labute approximate surface area is 339 Å². The summed E-state index contributed by atoms with van der Waals surface area (Å²) in [5, 5.41) is 0.825. The van der Waals surface area contributed by atoms with Gasteiger partial charge in [-0.3, -0.25) is 39.0 Å². The van der Waals surface area contributed by atoms with Crippen LogP contribution in [-0.2, 0) is 71.5 Å². The zero-order valence-electron chi connectivity index (χ0n) is 35.8. The highest BCUT2D eigenvalue weighted by molar-refractivity contribution is 6.00. The number of likely N-dealkylation sites (N-methyl/N-ethyl adjacent to an activating group) is 1. The second kappa shape index (κ2) is 19.7. The van der Waals surface area contributed by atoms with E-state index in [-0.39, 0.29) is 12.8 Å². The summed E-state index contributed by atoms with van der Waals surface area (Å²) in [5.74, 6) is -10.0. The Kier molecular flexibility index (Phi) is 16.4. The number of carbonyl (C=O) groups excluding carboxylic acids is 8. The first-order valence-electron chi connectivity index (χ1n) is 19.4. The highest BCUT2D eigenvalue weighted by Gasteiger charge is 2.61. The normalized spacial score (nSPS) is 36.2. The Hall–Kier alpha value is -4.20. The monoisotopic (exact) mass is 827 g/mol. The predicted octanol–water partition coefficient (Wildman–Crippen LogP) is 1.90. The predicted molar refractivity (Wildman–Crippen MR) is 200 cm³/mol. The van der Waals surface area contributed by atoms with E-state index in [9.17, 15) is 38.4 Å². The zero-order chi connectivity index (χ0) is 44.0. The van der Waals surface area contributed by atoms with Gasteiger partial charge in [0.05, 0.1) is 38.1 Å². The number of esters is 4. The fourth-order valence-corrected chi connectivity index (χ4v) is 8.36. The van der Waals surface area contributed by atoms with Crippen molar-refractivity contribution < 1.29 is 76.3 Å². The lowest BCUT2D eigenvalue weighted by atomic mass is 9.73. The maximum absolute atomic E-state index is 14.6. The number of nitrogens with zero attached hydrogens (tertiary/aromatic N) is 2. The number of carbonyl (C=O) groups is 8. The van der Waals surface area contributed by atoms with Crippen molar-refractivity contribution in [3.63, 3.8) is 0 Å². The van der Waals surface area contributed by atoms with Crippen LogP contribution in [-0.4, -0.2) is 147 Å². The highest BCUT2D eigenvalue weighted by atomic mass is 16.7. The summed E-state index contributed by atoms with van der Waals surface area (Å²) in [5.41, 5.74) is -0.848. The van der Waals surface area contributed by atoms with Crippen molar-refractivity contribution >= 4 is 47.4 Å². The molecular formula is C39H61N3O16. The minimum Gasteiger partial charge on any atom is -0.469 e. The third-order valence-corrected chi connectivity index (χ3v) is 11.6. The number of methoxy groups -OCH3 is 3. The van der Waals surface area contributed by atoms with Crippen LogP contribution in [0.1, 0.15) is 87.5 Å². The Morgan fingerprint density at radius 3 is 2.03 bits per heavy atom. The molecule has 1 N–H and O–H groups in total.